The molecule has 0 aromatic carbocycles. The molecule has 1 atom stereocenters. The quantitative estimate of drug-likeness (QED) is 0.0262. The molecule has 0 spiro atoms. The van der Waals surface area contributed by atoms with Gasteiger partial charge in [-0.05, 0) is 116 Å². The monoisotopic (exact) mass is 905 g/mol. The Kier molecular flexibility index (Phi) is 50.4. The molecule has 0 fully saturated rings. The number of unbranched alkanes of at least 4 members (excludes halogenated alkanes) is 23. The van der Waals surface area contributed by atoms with Gasteiger partial charge in [0.25, 0.3) is 0 Å². The molecule has 0 aromatic heterocycles. The molecule has 0 radical (unpaired) electrons. The van der Waals surface area contributed by atoms with E-state index in [4.69, 9.17) is 14.2 Å². The molecular weight excluding hydrogens is 805 g/mol. The summed E-state index contributed by atoms with van der Waals surface area (Å²) < 4.78 is 16.7. The van der Waals surface area contributed by atoms with Gasteiger partial charge in [-0.25, -0.2) is 0 Å². The lowest BCUT2D eigenvalue weighted by Crippen LogP contribution is -2.30. The Morgan fingerprint density at radius 3 is 1.02 bits per heavy atom. The summed E-state index contributed by atoms with van der Waals surface area (Å²) in [7, 11) is 0. The second-order valence-electron chi connectivity index (χ2n) is 17.8. The average Bonchev–Trinajstić information content (AvgIpc) is 3.30. The van der Waals surface area contributed by atoms with Crippen LogP contribution in [0.2, 0.25) is 0 Å². The van der Waals surface area contributed by atoms with E-state index in [2.05, 4.69) is 106 Å². The lowest BCUT2D eigenvalue weighted by Gasteiger charge is -2.18. The van der Waals surface area contributed by atoms with Gasteiger partial charge in [0.15, 0.2) is 6.10 Å². The van der Waals surface area contributed by atoms with Crippen molar-refractivity contribution in [1.29, 1.82) is 0 Å². The van der Waals surface area contributed by atoms with Crippen LogP contribution < -0.4 is 0 Å². The summed E-state index contributed by atoms with van der Waals surface area (Å²) in [5, 5.41) is 0. The highest BCUT2D eigenvalue weighted by molar-refractivity contribution is 5.71. The number of carbonyl (C=O) groups excluding carboxylic acids is 3. The first-order valence-corrected chi connectivity index (χ1v) is 27.1. The van der Waals surface area contributed by atoms with Crippen LogP contribution in [-0.4, -0.2) is 37.2 Å². The van der Waals surface area contributed by atoms with Crippen LogP contribution in [0.5, 0.6) is 0 Å². The van der Waals surface area contributed by atoms with Crippen molar-refractivity contribution in [1.82, 2.24) is 0 Å². The zero-order valence-corrected chi connectivity index (χ0v) is 42.5. The van der Waals surface area contributed by atoms with Gasteiger partial charge in [0.1, 0.15) is 13.2 Å². The maximum absolute atomic E-state index is 12.8. The highest BCUT2D eigenvalue weighted by Gasteiger charge is 2.19. The van der Waals surface area contributed by atoms with Gasteiger partial charge in [0, 0.05) is 19.3 Å². The molecule has 0 amide bonds. The standard InChI is InChI=1S/C59H100O6/c1-4-7-10-13-16-19-22-25-28-29-32-34-37-40-43-46-49-52-58(61)64-55-56(65-59(62)53-50-47-44-41-38-35-31-27-24-21-18-15-12-9-6-3)54-63-57(60)51-48-45-42-39-36-33-30-26-23-20-17-14-11-8-5-2/h18,20-21,23,25,27-28,31-32,34,38,40-41,43,56H,4-17,19,22,24,26,29-30,33,35-37,39,42,44-55H2,1-3H3/b21-18-,23-20-,28-25-,31-27-,34-32-,41-38-,43-40-/t56-/m0/s1. The van der Waals surface area contributed by atoms with E-state index in [9.17, 15) is 14.4 Å². The van der Waals surface area contributed by atoms with Gasteiger partial charge in [-0.2, -0.15) is 0 Å². The first-order chi connectivity index (χ1) is 32.0. The number of esters is 3. The van der Waals surface area contributed by atoms with E-state index in [1.54, 1.807) is 0 Å². The van der Waals surface area contributed by atoms with E-state index in [0.29, 0.717) is 19.3 Å². The molecule has 0 aliphatic rings. The molecular formula is C59H100O6. The van der Waals surface area contributed by atoms with E-state index in [-0.39, 0.29) is 44.0 Å². The lowest BCUT2D eigenvalue weighted by molar-refractivity contribution is -0.167. The van der Waals surface area contributed by atoms with Gasteiger partial charge in [0.05, 0.1) is 0 Å². The molecule has 0 saturated heterocycles. The van der Waals surface area contributed by atoms with Crippen molar-refractivity contribution >= 4 is 17.9 Å². The number of hydrogen-bond acceptors (Lipinski definition) is 6. The van der Waals surface area contributed by atoms with Crippen LogP contribution in [0.15, 0.2) is 85.1 Å². The largest absolute Gasteiger partial charge is 0.462 e. The Bertz CT molecular complexity index is 1270. The maximum atomic E-state index is 12.8. The summed E-state index contributed by atoms with van der Waals surface area (Å²) in [5.74, 6) is -1.01. The Labute approximate surface area is 401 Å². The maximum Gasteiger partial charge on any atom is 0.306 e. The van der Waals surface area contributed by atoms with Crippen molar-refractivity contribution in [3.8, 4) is 0 Å². The molecule has 0 aliphatic carbocycles. The number of rotatable bonds is 48. The second-order valence-corrected chi connectivity index (χ2v) is 17.8. The number of ether oxygens (including phenoxy) is 3. The van der Waals surface area contributed by atoms with Crippen molar-refractivity contribution in [2.75, 3.05) is 13.2 Å². The van der Waals surface area contributed by atoms with Crippen LogP contribution in [0, 0.1) is 0 Å². The fourth-order valence-corrected chi connectivity index (χ4v) is 7.22. The first-order valence-electron chi connectivity index (χ1n) is 27.1. The van der Waals surface area contributed by atoms with Crippen LogP contribution in [0.1, 0.15) is 252 Å². The lowest BCUT2D eigenvalue weighted by atomic mass is 10.1. The summed E-state index contributed by atoms with van der Waals surface area (Å²) in [6, 6.07) is 0. The molecule has 0 N–H and O–H groups in total. The fraction of sp³-hybridized carbons (Fsp3) is 0.712. The van der Waals surface area contributed by atoms with E-state index in [1.165, 1.54) is 135 Å². The van der Waals surface area contributed by atoms with Gasteiger partial charge in [-0.3, -0.25) is 14.4 Å². The third-order valence-corrected chi connectivity index (χ3v) is 11.3. The molecule has 0 bridgehead atoms. The minimum absolute atomic E-state index is 0.110. The normalized spacial score (nSPS) is 12.7. The highest BCUT2D eigenvalue weighted by Crippen LogP contribution is 2.13. The van der Waals surface area contributed by atoms with Crippen molar-refractivity contribution in [2.24, 2.45) is 0 Å². The molecule has 0 rings (SSSR count). The molecule has 6 heteroatoms. The Morgan fingerprint density at radius 2 is 0.569 bits per heavy atom. The Hall–Kier alpha value is -3.41. The van der Waals surface area contributed by atoms with Crippen LogP contribution in [0.4, 0.5) is 0 Å². The topological polar surface area (TPSA) is 78.9 Å². The zero-order valence-electron chi connectivity index (χ0n) is 42.5. The van der Waals surface area contributed by atoms with Crippen molar-refractivity contribution < 1.29 is 28.6 Å². The van der Waals surface area contributed by atoms with Crippen LogP contribution in [-0.2, 0) is 28.6 Å². The predicted molar refractivity (Wildman–Crippen MR) is 279 cm³/mol. The van der Waals surface area contributed by atoms with E-state index in [1.807, 2.05) is 0 Å². The molecule has 6 nitrogen and oxygen atoms in total. The zero-order chi connectivity index (χ0) is 47.2. The third-order valence-electron chi connectivity index (χ3n) is 11.3. The molecule has 0 aromatic rings. The van der Waals surface area contributed by atoms with Gasteiger partial charge < -0.3 is 14.2 Å². The van der Waals surface area contributed by atoms with Crippen molar-refractivity contribution in [2.45, 2.75) is 258 Å². The van der Waals surface area contributed by atoms with E-state index >= 15 is 0 Å². The van der Waals surface area contributed by atoms with Gasteiger partial charge >= 0.3 is 17.9 Å². The summed E-state index contributed by atoms with van der Waals surface area (Å²) >= 11 is 0. The van der Waals surface area contributed by atoms with E-state index < -0.39 is 6.10 Å². The molecule has 65 heavy (non-hydrogen) atoms. The van der Waals surface area contributed by atoms with Gasteiger partial charge in [0.2, 0.25) is 0 Å². The Morgan fingerprint density at radius 1 is 0.308 bits per heavy atom. The number of hydrogen-bond donors (Lipinski definition) is 0. The summed E-state index contributed by atoms with van der Waals surface area (Å²) in [5.41, 5.74) is 0. The van der Waals surface area contributed by atoms with Crippen LogP contribution in [0.25, 0.3) is 0 Å². The molecule has 0 heterocycles. The number of carbonyl (C=O) groups is 3. The minimum Gasteiger partial charge on any atom is -0.462 e. The van der Waals surface area contributed by atoms with Crippen molar-refractivity contribution in [3.05, 3.63) is 85.1 Å². The smallest absolute Gasteiger partial charge is 0.306 e. The predicted octanol–water partition coefficient (Wildman–Crippen LogP) is 18.0. The van der Waals surface area contributed by atoms with E-state index in [0.717, 1.165) is 64.2 Å². The summed E-state index contributed by atoms with van der Waals surface area (Å²) in [4.78, 5) is 38.0. The van der Waals surface area contributed by atoms with Gasteiger partial charge in [-0.1, -0.05) is 202 Å². The first kappa shape index (κ1) is 61.6. The van der Waals surface area contributed by atoms with Crippen molar-refractivity contribution in [3.63, 3.8) is 0 Å². The fourth-order valence-electron chi connectivity index (χ4n) is 7.22. The Balaban J connectivity index is 4.53. The average molecular weight is 905 g/mol. The molecule has 0 saturated carbocycles. The SMILES string of the molecule is CCCCC/C=C\C/C=C\C/C=C\CCCCC(=O)O[C@H](COC(=O)CCC/C=C\C/C=C\C/C=C\CCCCCCCC)COC(=O)CCCCCCCCC/C=C\CCCCCC. The molecule has 0 aliphatic heterocycles. The van der Waals surface area contributed by atoms with Gasteiger partial charge in [-0.15, -0.1) is 0 Å². The third kappa shape index (κ3) is 51.4. The summed E-state index contributed by atoms with van der Waals surface area (Å²) in [6.07, 6.45) is 68.6. The molecule has 0 unspecified atom stereocenters. The summed E-state index contributed by atoms with van der Waals surface area (Å²) in [6.45, 7) is 6.51. The highest BCUT2D eigenvalue weighted by atomic mass is 16.6. The molecule has 372 valence electrons. The van der Waals surface area contributed by atoms with Crippen LogP contribution in [0.3, 0.4) is 0 Å². The second kappa shape index (κ2) is 53.2. The minimum atomic E-state index is -0.818. The number of allylic oxidation sites excluding steroid dienone is 14. The van der Waals surface area contributed by atoms with Crippen LogP contribution >= 0.6 is 0 Å².